The third kappa shape index (κ3) is 70.3. The zero-order chi connectivity index (χ0) is 63.3. The minimum atomic E-state index is -1.51. The summed E-state index contributed by atoms with van der Waals surface area (Å²) in [6, 6.07) is 0. The first kappa shape index (κ1) is 84.0. The summed E-state index contributed by atoms with van der Waals surface area (Å²) in [6.07, 6.45) is 87.8. The van der Waals surface area contributed by atoms with Crippen molar-refractivity contribution in [3.8, 4) is 0 Å². The highest BCUT2D eigenvalue weighted by molar-refractivity contribution is 5.71. The van der Waals surface area contributed by atoms with Crippen LogP contribution in [0.2, 0.25) is 0 Å². The van der Waals surface area contributed by atoms with Crippen molar-refractivity contribution < 1.29 is 42.9 Å². The number of quaternary nitrogens is 1. The van der Waals surface area contributed by atoms with Gasteiger partial charge < -0.3 is 28.5 Å². The molecule has 508 valence electrons. The van der Waals surface area contributed by atoms with Crippen LogP contribution in [0.3, 0.4) is 0 Å². The molecule has 1 N–H and O–H groups in total. The number of rotatable bonds is 70. The van der Waals surface area contributed by atoms with Gasteiger partial charge in [0, 0.05) is 12.8 Å². The van der Waals surface area contributed by atoms with Crippen LogP contribution in [0.5, 0.6) is 0 Å². The van der Waals surface area contributed by atoms with Gasteiger partial charge in [-0.2, -0.15) is 0 Å². The van der Waals surface area contributed by atoms with Crippen LogP contribution in [-0.2, 0) is 33.3 Å². The fourth-order valence-electron chi connectivity index (χ4n) is 11.1. The highest BCUT2D eigenvalue weighted by Crippen LogP contribution is 2.19. The number of hydrogen-bond donors (Lipinski definition) is 1. The largest absolute Gasteiger partial charge is 0.477 e. The second-order valence-corrected chi connectivity index (χ2v) is 26.6. The number of esters is 2. The van der Waals surface area contributed by atoms with Gasteiger partial charge in [0.05, 0.1) is 34.4 Å². The average molecular weight is 1220 g/mol. The molecule has 9 nitrogen and oxygen atoms in total. The molecular weight excluding hydrogens is 1080 g/mol. The lowest BCUT2D eigenvalue weighted by atomic mass is 10.0. The highest BCUT2D eigenvalue weighted by Gasteiger charge is 2.25. The van der Waals surface area contributed by atoms with E-state index in [-0.39, 0.29) is 38.2 Å². The molecule has 0 bridgehead atoms. The Balaban J connectivity index is 4.03. The van der Waals surface area contributed by atoms with E-state index < -0.39 is 18.4 Å². The zero-order valence-electron chi connectivity index (χ0n) is 58.2. The van der Waals surface area contributed by atoms with E-state index in [0.29, 0.717) is 17.4 Å². The smallest absolute Gasteiger partial charge is 0.361 e. The van der Waals surface area contributed by atoms with Crippen LogP contribution in [0.15, 0.2) is 60.8 Å². The number of allylic oxidation sites excluding steroid dienone is 10. The topological polar surface area (TPSA) is 108 Å². The number of carbonyl (C=O) groups excluding carboxylic acids is 2. The summed E-state index contributed by atoms with van der Waals surface area (Å²) in [4.78, 5) is 37.7. The van der Waals surface area contributed by atoms with Gasteiger partial charge in [0.2, 0.25) is 0 Å². The maximum Gasteiger partial charge on any atom is 0.361 e. The van der Waals surface area contributed by atoms with Crippen LogP contribution in [0, 0.1) is 0 Å². The van der Waals surface area contributed by atoms with E-state index in [1.54, 1.807) is 0 Å². The van der Waals surface area contributed by atoms with Gasteiger partial charge >= 0.3 is 17.9 Å². The van der Waals surface area contributed by atoms with Gasteiger partial charge in [0.25, 0.3) is 6.29 Å². The molecule has 0 fully saturated rings. The Bertz CT molecular complexity index is 1610. The fraction of sp³-hybridized carbons (Fsp3) is 0.833. The molecule has 0 aromatic carbocycles. The molecule has 0 saturated carbocycles. The standard InChI is InChI=1S/C78H143NO8/c1-6-8-10-12-14-16-18-20-22-24-26-28-30-32-34-36-38-40-42-44-46-48-50-52-54-56-58-60-62-64-66-68-75(80)85-72-74(73-86-78(77(82)83)84-71-70-79(3,4)5)87-76(81)69-67-65-63-61-59-57-55-53-51-49-47-45-43-41-39-37-35-33-31-29-27-25-23-21-19-17-15-13-11-9-7-2/h9,11,15,17,21,23-24,26-27,29,74,78H,6-8,10,12-14,16,18-20,22,25,28,30-73H2,1-5H3/p+1/b11-9-,17-15-,23-21-,26-24-,29-27-. The number of aliphatic carboxylic acids is 1. The molecule has 0 rings (SSSR count). The summed E-state index contributed by atoms with van der Waals surface area (Å²) in [5, 5.41) is 9.76. The summed E-state index contributed by atoms with van der Waals surface area (Å²) >= 11 is 0. The third-order valence-corrected chi connectivity index (χ3v) is 16.8. The van der Waals surface area contributed by atoms with E-state index in [1.165, 1.54) is 270 Å². The Kier molecular flexibility index (Phi) is 66.5. The molecule has 0 spiro atoms. The van der Waals surface area contributed by atoms with Crippen molar-refractivity contribution in [3.63, 3.8) is 0 Å². The number of carboxylic acids is 1. The quantitative estimate of drug-likeness (QED) is 0.0211. The summed E-state index contributed by atoms with van der Waals surface area (Å²) in [5.74, 6) is -1.98. The summed E-state index contributed by atoms with van der Waals surface area (Å²) in [5.41, 5.74) is 0. The molecule has 0 amide bonds. The molecule has 2 unspecified atom stereocenters. The van der Waals surface area contributed by atoms with Crippen molar-refractivity contribution >= 4 is 17.9 Å². The number of unbranched alkanes of at least 4 members (excludes halogenated alkanes) is 45. The van der Waals surface area contributed by atoms with Crippen LogP contribution >= 0.6 is 0 Å². The van der Waals surface area contributed by atoms with Gasteiger partial charge in [-0.15, -0.1) is 0 Å². The maximum absolute atomic E-state index is 13.0. The van der Waals surface area contributed by atoms with Crippen molar-refractivity contribution in [3.05, 3.63) is 60.8 Å². The Labute approximate surface area is 539 Å². The lowest BCUT2D eigenvalue weighted by molar-refractivity contribution is -0.870. The number of carboxylic acid groups (broad SMARTS) is 1. The molecular formula is C78H144NO8+. The first-order chi connectivity index (χ1) is 42.6. The van der Waals surface area contributed by atoms with Crippen molar-refractivity contribution in [2.45, 2.75) is 373 Å². The SMILES string of the molecule is CC/C=C\C/C=C\C/C=C\C/C=C\CCCCCCCCCCCCCCCCCCCCC(=O)OC(COC(=O)CCCCCCCCCCCCCCCCCCCCC/C=C\CCCCCCCCCC)COC(OCC[N+](C)(C)C)C(=O)O. The molecule has 0 aliphatic rings. The first-order valence-corrected chi connectivity index (χ1v) is 37.5. The van der Waals surface area contributed by atoms with Gasteiger partial charge in [0.15, 0.2) is 6.10 Å². The Hall–Kier alpha value is -3.01. The molecule has 2 atom stereocenters. The molecule has 0 heterocycles. The lowest BCUT2D eigenvalue weighted by Gasteiger charge is -2.25. The summed E-state index contributed by atoms with van der Waals surface area (Å²) in [7, 11) is 5.99. The van der Waals surface area contributed by atoms with Crippen molar-refractivity contribution in [2.75, 3.05) is 47.5 Å². The molecule has 0 aliphatic carbocycles. The zero-order valence-corrected chi connectivity index (χ0v) is 58.2. The summed E-state index contributed by atoms with van der Waals surface area (Å²) in [6.45, 7) is 4.83. The van der Waals surface area contributed by atoms with E-state index in [2.05, 4.69) is 74.6 Å². The van der Waals surface area contributed by atoms with E-state index in [1.807, 2.05) is 21.1 Å². The van der Waals surface area contributed by atoms with Gasteiger partial charge in [-0.1, -0.05) is 331 Å². The van der Waals surface area contributed by atoms with E-state index in [4.69, 9.17) is 18.9 Å². The van der Waals surface area contributed by atoms with Crippen LogP contribution in [-0.4, -0.2) is 87.4 Å². The van der Waals surface area contributed by atoms with Gasteiger partial charge in [-0.3, -0.25) is 9.59 Å². The van der Waals surface area contributed by atoms with E-state index >= 15 is 0 Å². The minimum Gasteiger partial charge on any atom is -0.477 e. The second kappa shape index (κ2) is 68.9. The highest BCUT2D eigenvalue weighted by atomic mass is 16.7. The molecule has 0 aromatic rings. The van der Waals surface area contributed by atoms with Crippen LogP contribution in [0.4, 0.5) is 0 Å². The first-order valence-electron chi connectivity index (χ1n) is 37.5. The molecule has 9 heteroatoms. The van der Waals surface area contributed by atoms with E-state index in [9.17, 15) is 19.5 Å². The maximum atomic E-state index is 13.0. The number of likely N-dealkylation sites (N-methyl/N-ethyl adjacent to an activating group) is 1. The van der Waals surface area contributed by atoms with Gasteiger partial charge in [-0.05, 0) is 77.0 Å². The Morgan fingerprint density at radius 2 is 0.655 bits per heavy atom. The molecule has 87 heavy (non-hydrogen) atoms. The monoisotopic (exact) mass is 1220 g/mol. The number of hydrogen-bond acceptors (Lipinski definition) is 7. The van der Waals surface area contributed by atoms with Crippen molar-refractivity contribution in [1.82, 2.24) is 0 Å². The number of carbonyl (C=O) groups is 3. The Morgan fingerprint density at radius 3 is 0.989 bits per heavy atom. The van der Waals surface area contributed by atoms with Gasteiger partial charge in [0.1, 0.15) is 13.2 Å². The van der Waals surface area contributed by atoms with Crippen LogP contribution in [0.1, 0.15) is 361 Å². The molecule has 0 aliphatic heterocycles. The van der Waals surface area contributed by atoms with Crippen LogP contribution in [0.25, 0.3) is 0 Å². The van der Waals surface area contributed by atoms with Crippen molar-refractivity contribution in [2.24, 2.45) is 0 Å². The predicted octanol–water partition coefficient (Wildman–Crippen LogP) is 23.5. The molecule has 0 radical (unpaired) electrons. The van der Waals surface area contributed by atoms with Crippen molar-refractivity contribution in [1.29, 1.82) is 0 Å². The summed E-state index contributed by atoms with van der Waals surface area (Å²) < 4.78 is 23.0. The normalized spacial score (nSPS) is 13.0. The fourth-order valence-corrected chi connectivity index (χ4v) is 11.1. The third-order valence-electron chi connectivity index (χ3n) is 16.8. The molecule has 0 aromatic heterocycles. The predicted molar refractivity (Wildman–Crippen MR) is 373 cm³/mol. The van der Waals surface area contributed by atoms with Crippen LogP contribution < -0.4 is 0 Å². The molecule has 0 saturated heterocycles. The Morgan fingerprint density at radius 1 is 0.356 bits per heavy atom. The number of ether oxygens (including phenoxy) is 4. The minimum absolute atomic E-state index is 0.178. The second-order valence-electron chi connectivity index (χ2n) is 26.6. The number of nitrogens with zero attached hydrogens (tertiary/aromatic N) is 1. The lowest BCUT2D eigenvalue weighted by Crippen LogP contribution is -2.40. The van der Waals surface area contributed by atoms with Gasteiger partial charge in [-0.25, -0.2) is 4.79 Å². The average Bonchev–Trinajstić information content (AvgIpc) is 3.56. The van der Waals surface area contributed by atoms with E-state index in [0.717, 1.165) is 64.2 Å².